The van der Waals surface area contributed by atoms with Crippen LogP contribution in [0.2, 0.25) is 0 Å². The number of nitrogens with two attached hydrogens (primary N) is 1. The number of methoxy groups -OCH3 is 1. The average Bonchev–Trinajstić information content (AvgIpc) is 3.21. The quantitative estimate of drug-likeness (QED) is 0.429. The summed E-state index contributed by atoms with van der Waals surface area (Å²) >= 11 is 0. The zero-order chi connectivity index (χ0) is 31.5. The van der Waals surface area contributed by atoms with E-state index >= 15 is 0 Å². The third-order valence-electron chi connectivity index (χ3n) is 8.16. The van der Waals surface area contributed by atoms with E-state index in [9.17, 15) is 37.1 Å². The zero-order valence-corrected chi connectivity index (χ0v) is 23.9. The van der Waals surface area contributed by atoms with Crippen LogP contribution in [0.5, 0.6) is 5.75 Å². The zero-order valence-electron chi connectivity index (χ0n) is 23.9. The number of halogens is 3. The standard InChI is InChI=1S/C27H33F3N6O6/c1-25(2,3)20(34-24(41)27(28,29)30)23(40)36-11-13-17(26(13,4)5)19(36)22(39)33-18(21(31)38)14-9-16(37)35-10-12(42-6)7-8-15(35)32-14/h7-10,13,17-20H,11H2,1-6H3,(H2,31,38)(H,33,39)(H,34,41)/t13-,17-,18?,19-,20+/m0/s1. The molecule has 1 unspecified atom stereocenters. The van der Waals surface area contributed by atoms with Crippen molar-refractivity contribution in [1.82, 2.24) is 24.9 Å². The van der Waals surface area contributed by atoms with Crippen molar-refractivity contribution in [2.24, 2.45) is 28.4 Å². The first-order valence-corrected chi connectivity index (χ1v) is 13.1. The molecular formula is C27H33F3N6O6. The molecule has 0 spiro atoms. The predicted molar refractivity (Wildman–Crippen MR) is 142 cm³/mol. The molecule has 4 amide bonds. The highest BCUT2D eigenvalue weighted by molar-refractivity contribution is 5.96. The molecular weight excluding hydrogens is 561 g/mol. The first-order valence-electron chi connectivity index (χ1n) is 13.1. The van der Waals surface area contributed by atoms with Crippen molar-refractivity contribution in [3.63, 3.8) is 0 Å². The van der Waals surface area contributed by atoms with Crippen LogP contribution in [0, 0.1) is 22.7 Å². The molecule has 2 aromatic rings. The molecule has 4 rings (SSSR count). The fourth-order valence-corrected chi connectivity index (χ4v) is 5.73. The lowest BCUT2D eigenvalue weighted by atomic mass is 9.85. The van der Waals surface area contributed by atoms with E-state index in [1.807, 2.05) is 13.8 Å². The Balaban J connectivity index is 1.66. The van der Waals surface area contributed by atoms with Crippen LogP contribution < -0.4 is 26.7 Å². The minimum Gasteiger partial charge on any atom is -0.495 e. The number of carbonyl (C=O) groups is 4. The Bertz CT molecular complexity index is 1510. The van der Waals surface area contributed by atoms with Crippen molar-refractivity contribution in [2.45, 2.75) is 58.9 Å². The van der Waals surface area contributed by atoms with Gasteiger partial charge in [0.2, 0.25) is 17.7 Å². The number of nitrogens with zero attached hydrogens (tertiary/aromatic N) is 3. The minimum absolute atomic E-state index is 0.0572. The maximum absolute atomic E-state index is 13.8. The number of nitrogens with one attached hydrogen (secondary N) is 2. The van der Waals surface area contributed by atoms with Gasteiger partial charge in [0, 0.05) is 12.6 Å². The SMILES string of the molecule is COc1ccc2nc(C(NC(=O)[C@@H]3[C@@H]4[C@H](CN3C(=O)[C@@H](NC(=O)C(F)(F)F)C(C)(C)C)C4(C)C)C(N)=O)cc(=O)n2c1. The van der Waals surface area contributed by atoms with Crippen molar-refractivity contribution < 1.29 is 37.1 Å². The average molecular weight is 595 g/mol. The molecule has 3 heterocycles. The molecule has 2 fully saturated rings. The van der Waals surface area contributed by atoms with Crippen molar-refractivity contribution in [3.8, 4) is 5.75 Å². The molecule has 1 aliphatic heterocycles. The van der Waals surface area contributed by atoms with Gasteiger partial charge in [-0.15, -0.1) is 0 Å². The van der Waals surface area contributed by atoms with Crippen molar-refractivity contribution in [3.05, 3.63) is 40.4 Å². The van der Waals surface area contributed by atoms with Gasteiger partial charge < -0.3 is 26.0 Å². The van der Waals surface area contributed by atoms with Crippen LogP contribution in [0.1, 0.15) is 46.4 Å². The number of amides is 4. The molecule has 1 saturated carbocycles. The number of piperidine rings is 1. The predicted octanol–water partition coefficient (Wildman–Crippen LogP) is 0.922. The molecule has 2 aliphatic rings. The number of carbonyl (C=O) groups excluding carboxylic acids is 4. The molecule has 0 bridgehead atoms. The summed E-state index contributed by atoms with van der Waals surface area (Å²) < 4.78 is 45.5. The molecule has 42 heavy (non-hydrogen) atoms. The van der Waals surface area contributed by atoms with Crippen molar-refractivity contribution in [2.75, 3.05) is 13.7 Å². The normalized spacial score (nSPS) is 22.6. The number of fused-ring (bicyclic) bond motifs is 2. The molecule has 2 aromatic heterocycles. The van der Waals surface area contributed by atoms with Gasteiger partial charge in [-0.3, -0.25) is 28.4 Å². The van der Waals surface area contributed by atoms with Crippen LogP contribution in [-0.2, 0) is 19.2 Å². The van der Waals surface area contributed by atoms with Gasteiger partial charge in [-0.2, -0.15) is 13.2 Å². The van der Waals surface area contributed by atoms with Gasteiger partial charge in [0.25, 0.3) is 5.56 Å². The second-order valence-corrected chi connectivity index (χ2v) is 12.3. The summed E-state index contributed by atoms with van der Waals surface area (Å²) in [6.07, 6.45) is -3.83. The van der Waals surface area contributed by atoms with Crippen LogP contribution in [0.3, 0.4) is 0 Å². The highest BCUT2D eigenvalue weighted by Gasteiger charge is 2.70. The number of hydrogen-bond acceptors (Lipinski definition) is 7. The van der Waals surface area contributed by atoms with Crippen LogP contribution in [0.15, 0.2) is 29.2 Å². The fourth-order valence-electron chi connectivity index (χ4n) is 5.73. The highest BCUT2D eigenvalue weighted by Crippen LogP contribution is 2.65. The summed E-state index contributed by atoms with van der Waals surface area (Å²) in [5, 5.41) is 4.28. The number of pyridine rings is 1. The first kappa shape index (κ1) is 30.8. The number of rotatable bonds is 7. The second-order valence-electron chi connectivity index (χ2n) is 12.3. The lowest BCUT2D eigenvalue weighted by Gasteiger charge is -2.38. The van der Waals surface area contributed by atoms with E-state index in [0.717, 1.165) is 11.0 Å². The monoisotopic (exact) mass is 594 g/mol. The molecule has 0 aromatic carbocycles. The lowest BCUT2D eigenvalue weighted by Crippen LogP contribution is -2.61. The van der Waals surface area contributed by atoms with E-state index in [1.54, 1.807) is 11.4 Å². The Morgan fingerprint density at radius 3 is 2.33 bits per heavy atom. The number of ether oxygens (including phenoxy) is 1. The van der Waals surface area contributed by atoms with Gasteiger partial charge in [0.05, 0.1) is 19.0 Å². The summed E-state index contributed by atoms with van der Waals surface area (Å²) in [6, 6.07) is -0.291. The Morgan fingerprint density at radius 1 is 1.14 bits per heavy atom. The Hall–Kier alpha value is -4.17. The van der Waals surface area contributed by atoms with Crippen LogP contribution in [0.4, 0.5) is 13.2 Å². The smallest absolute Gasteiger partial charge is 0.471 e. The maximum Gasteiger partial charge on any atom is 0.471 e. The molecule has 0 radical (unpaired) electrons. The number of hydrogen-bond donors (Lipinski definition) is 3. The summed E-state index contributed by atoms with van der Waals surface area (Å²) in [6.45, 7) is 8.31. The van der Waals surface area contributed by atoms with E-state index in [4.69, 9.17) is 10.5 Å². The minimum atomic E-state index is -5.22. The van der Waals surface area contributed by atoms with Crippen LogP contribution in [-0.4, -0.2) is 69.8 Å². The molecule has 1 aliphatic carbocycles. The number of likely N-dealkylation sites (tertiary alicyclic amines) is 1. The highest BCUT2D eigenvalue weighted by atomic mass is 19.4. The Morgan fingerprint density at radius 2 is 1.79 bits per heavy atom. The summed E-state index contributed by atoms with van der Waals surface area (Å²) in [7, 11) is 1.42. The van der Waals surface area contributed by atoms with Crippen LogP contribution in [0.25, 0.3) is 5.65 Å². The molecule has 4 N–H and O–H groups in total. The number of primary amides is 1. The molecule has 15 heteroatoms. The molecule has 12 nitrogen and oxygen atoms in total. The van der Waals surface area contributed by atoms with E-state index in [0.29, 0.717) is 5.75 Å². The van der Waals surface area contributed by atoms with Crippen molar-refractivity contribution in [1.29, 1.82) is 0 Å². The summed E-state index contributed by atoms with van der Waals surface area (Å²) in [5.41, 5.74) is 3.49. The largest absolute Gasteiger partial charge is 0.495 e. The van der Waals surface area contributed by atoms with Gasteiger partial charge in [-0.25, -0.2) is 4.98 Å². The molecule has 1 saturated heterocycles. The van der Waals surface area contributed by atoms with Gasteiger partial charge in [0.1, 0.15) is 23.5 Å². The Kier molecular flexibility index (Phi) is 7.53. The van der Waals surface area contributed by atoms with E-state index in [2.05, 4.69) is 10.3 Å². The van der Waals surface area contributed by atoms with Crippen LogP contribution >= 0.6 is 0 Å². The molecule has 228 valence electrons. The van der Waals surface area contributed by atoms with E-state index in [1.165, 1.54) is 44.5 Å². The van der Waals surface area contributed by atoms with E-state index < -0.39 is 58.9 Å². The topological polar surface area (TPSA) is 165 Å². The van der Waals surface area contributed by atoms with Crippen molar-refractivity contribution >= 4 is 29.3 Å². The van der Waals surface area contributed by atoms with Gasteiger partial charge in [-0.1, -0.05) is 34.6 Å². The maximum atomic E-state index is 13.8. The lowest BCUT2D eigenvalue weighted by molar-refractivity contribution is -0.176. The van der Waals surface area contributed by atoms with Gasteiger partial charge in [0.15, 0.2) is 6.04 Å². The summed E-state index contributed by atoms with van der Waals surface area (Å²) in [5.74, 6) is -5.11. The molecule has 5 atom stereocenters. The first-order chi connectivity index (χ1) is 19.3. The Labute approximate surface area is 238 Å². The third-order valence-corrected chi connectivity index (χ3v) is 8.16. The van der Waals surface area contributed by atoms with Gasteiger partial charge in [-0.05, 0) is 34.8 Å². The number of alkyl halides is 3. The number of aromatic nitrogens is 2. The summed E-state index contributed by atoms with van der Waals surface area (Å²) in [4.78, 5) is 69.9. The second kappa shape index (κ2) is 10.3. The third kappa shape index (κ3) is 5.51. The van der Waals surface area contributed by atoms with E-state index in [-0.39, 0.29) is 35.1 Å². The van der Waals surface area contributed by atoms with Gasteiger partial charge >= 0.3 is 12.1 Å². The fraction of sp³-hybridized carbons (Fsp3) is 0.556.